The molecule has 1 amide bonds. The number of carbonyl (C=O) groups is 1. The molecule has 0 aromatic carbocycles. The van der Waals surface area contributed by atoms with Crippen molar-refractivity contribution in [1.29, 1.82) is 0 Å². The number of nitrogens with one attached hydrogen (secondary N) is 1. The molecule has 0 aromatic rings. The predicted octanol–water partition coefficient (Wildman–Crippen LogP) is 0.495. The Bertz CT molecular complexity index is 141. The summed E-state index contributed by atoms with van der Waals surface area (Å²) < 4.78 is 24.2. The highest BCUT2D eigenvalue weighted by molar-refractivity contribution is 5.75. The smallest absolute Gasteiger partial charge is 0.258 e. The predicted molar refractivity (Wildman–Crippen MR) is 41.9 cm³/mol. The largest absolute Gasteiger partial charge is 0.348 e. The van der Waals surface area contributed by atoms with Crippen molar-refractivity contribution < 1.29 is 13.6 Å². The second-order valence-corrected chi connectivity index (χ2v) is 2.44. The minimum absolute atomic E-state index is 0.114. The van der Waals surface area contributed by atoms with Gasteiger partial charge in [-0.25, -0.2) is 8.78 Å². The lowest BCUT2D eigenvalue weighted by atomic mass is 10.2. The SMILES string of the molecule is CCC(=O)NC(CCN)C(F)F. The molecule has 72 valence electrons. The fourth-order valence-corrected chi connectivity index (χ4v) is 0.750. The first-order valence-electron chi connectivity index (χ1n) is 3.89. The molecule has 12 heavy (non-hydrogen) atoms. The van der Waals surface area contributed by atoms with E-state index in [1.807, 2.05) is 0 Å². The summed E-state index contributed by atoms with van der Waals surface area (Å²) in [7, 11) is 0. The Morgan fingerprint density at radius 2 is 2.17 bits per heavy atom. The molecule has 1 unspecified atom stereocenters. The first-order chi connectivity index (χ1) is 5.61. The van der Waals surface area contributed by atoms with E-state index in [4.69, 9.17) is 5.73 Å². The van der Waals surface area contributed by atoms with Gasteiger partial charge < -0.3 is 11.1 Å². The molecule has 0 fully saturated rings. The Morgan fingerprint density at radius 3 is 2.50 bits per heavy atom. The van der Waals surface area contributed by atoms with Crippen LogP contribution in [-0.2, 0) is 4.79 Å². The third-order valence-electron chi connectivity index (χ3n) is 1.45. The minimum atomic E-state index is -2.54. The maximum absolute atomic E-state index is 12.1. The fourth-order valence-electron chi connectivity index (χ4n) is 0.750. The Labute approximate surface area is 70.3 Å². The number of hydrogen-bond acceptors (Lipinski definition) is 2. The van der Waals surface area contributed by atoms with Crippen molar-refractivity contribution in [2.45, 2.75) is 32.2 Å². The molecular weight excluding hydrogens is 166 g/mol. The molecule has 0 radical (unpaired) electrons. The van der Waals surface area contributed by atoms with Gasteiger partial charge in [0.25, 0.3) is 6.43 Å². The van der Waals surface area contributed by atoms with Crippen LogP contribution >= 0.6 is 0 Å². The average Bonchev–Trinajstić information content (AvgIpc) is 2.03. The van der Waals surface area contributed by atoms with Crippen molar-refractivity contribution in [2.75, 3.05) is 6.54 Å². The van der Waals surface area contributed by atoms with Crippen molar-refractivity contribution in [3.63, 3.8) is 0 Å². The average molecular weight is 180 g/mol. The van der Waals surface area contributed by atoms with Gasteiger partial charge in [-0.15, -0.1) is 0 Å². The lowest BCUT2D eigenvalue weighted by molar-refractivity contribution is -0.122. The normalized spacial score (nSPS) is 13.1. The molecule has 0 aliphatic rings. The van der Waals surface area contributed by atoms with Gasteiger partial charge in [0.05, 0.1) is 6.04 Å². The fraction of sp³-hybridized carbons (Fsp3) is 0.857. The first kappa shape index (κ1) is 11.3. The Hall–Kier alpha value is -0.710. The molecule has 0 heterocycles. The molecule has 3 N–H and O–H groups in total. The van der Waals surface area contributed by atoms with E-state index < -0.39 is 12.5 Å². The number of amides is 1. The summed E-state index contributed by atoms with van der Waals surface area (Å²) in [6.07, 6.45) is -2.21. The van der Waals surface area contributed by atoms with Crippen LogP contribution in [0.15, 0.2) is 0 Å². The number of carbonyl (C=O) groups excluding carboxylic acids is 1. The zero-order valence-electron chi connectivity index (χ0n) is 7.02. The second-order valence-electron chi connectivity index (χ2n) is 2.44. The number of alkyl halides is 2. The summed E-state index contributed by atoms with van der Waals surface area (Å²) in [5, 5.41) is 2.20. The second kappa shape index (κ2) is 5.88. The van der Waals surface area contributed by atoms with E-state index >= 15 is 0 Å². The van der Waals surface area contributed by atoms with Crippen LogP contribution in [0.25, 0.3) is 0 Å². The number of nitrogens with two attached hydrogens (primary N) is 1. The van der Waals surface area contributed by atoms with E-state index in [1.54, 1.807) is 6.92 Å². The third-order valence-corrected chi connectivity index (χ3v) is 1.45. The molecule has 0 aliphatic heterocycles. The molecule has 0 rings (SSSR count). The van der Waals surface area contributed by atoms with E-state index in [9.17, 15) is 13.6 Å². The summed E-state index contributed by atoms with van der Waals surface area (Å²) in [5.41, 5.74) is 5.10. The van der Waals surface area contributed by atoms with Gasteiger partial charge in [0, 0.05) is 6.42 Å². The van der Waals surface area contributed by atoms with E-state index in [2.05, 4.69) is 5.32 Å². The lowest BCUT2D eigenvalue weighted by Crippen LogP contribution is -2.40. The van der Waals surface area contributed by atoms with Crippen LogP contribution in [0.3, 0.4) is 0 Å². The van der Waals surface area contributed by atoms with Gasteiger partial charge >= 0.3 is 0 Å². The first-order valence-corrected chi connectivity index (χ1v) is 3.89. The van der Waals surface area contributed by atoms with Gasteiger partial charge in [0.15, 0.2) is 0 Å². The summed E-state index contributed by atoms with van der Waals surface area (Å²) in [6.45, 7) is 1.76. The summed E-state index contributed by atoms with van der Waals surface area (Å²) in [5.74, 6) is -0.367. The molecule has 0 saturated carbocycles. The molecule has 5 heteroatoms. The maximum atomic E-state index is 12.1. The quantitative estimate of drug-likeness (QED) is 0.647. The van der Waals surface area contributed by atoms with Crippen molar-refractivity contribution in [1.82, 2.24) is 5.32 Å². The summed E-state index contributed by atoms with van der Waals surface area (Å²) in [6, 6.07) is -1.09. The standard InChI is InChI=1S/C7H14F2N2O/c1-2-6(12)11-5(3-4-10)7(8)9/h5,7H,2-4,10H2,1H3,(H,11,12). The molecule has 0 aromatic heterocycles. The van der Waals surface area contributed by atoms with E-state index in [-0.39, 0.29) is 25.3 Å². The highest BCUT2D eigenvalue weighted by atomic mass is 19.3. The third kappa shape index (κ3) is 4.23. The van der Waals surface area contributed by atoms with Gasteiger partial charge in [-0.2, -0.15) is 0 Å². The molecule has 0 bridgehead atoms. The highest BCUT2D eigenvalue weighted by Crippen LogP contribution is 2.04. The highest BCUT2D eigenvalue weighted by Gasteiger charge is 2.20. The van der Waals surface area contributed by atoms with Crippen molar-refractivity contribution in [3.05, 3.63) is 0 Å². The number of rotatable bonds is 5. The lowest BCUT2D eigenvalue weighted by Gasteiger charge is -2.16. The van der Waals surface area contributed by atoms with Crippen LogP contribution in [0.2, 0.25) is 0 Å². The Morgan fingerprint density at radius 1 is 1.58 bits per heavy atom. The van der Waals surface area contributed by atoms with E-state index in [0.29, 0.717) is 0 Å². The molecule has 0 saturated heterocycles. The van der Waals surface area contributed by atoms with E-state index in [1.165, 1.54) is 0 Å². The number of halogens is 2. The van der Waals surface area contributed by atoms with Gasteiger partial charge in [0.2, 0.25) is 5.91 Å². The molecule has 3 nitrogen and oxygen atoms in total. The number of hydrogen-bond donors (Lipinski definition) is 2. The topological polar surface area (TPSA) is 55.1 Å². The van der Waals surface area contributed by atoms with E-state index in [0.717, 1.165) is 0 Å². The van der Waals surface area contributed by atoms with Crippen LogP contribution in [0, 0.1) is 0 Å². The van der Waals surface area contributed by atoms with Crippen molar-refractivity contribution >= 4 is 5.91 Å². The molecular formula is C7H14F2N2O. The van der Waals surface area contributed by atoms with Crippen molar-refractivity contribution in [2.24, 2.45) is 5.73 Å². The Balaban J connectivity index is 3.86. The Kier molecular flexibility index (Phi) is 5.53. The van der Waals surface area contributed by atoms with Gasteiger partial charge in [-0.05, 0) is 13.0 Å². The van der Waals surface area contributed by atoms with Crippen LogP contribution in [0.1, 0.15) is 19.8 Å². The minimum Gasteiger partial charge on any atom is -0.348 e. The van der Waals surface area contributed by atoms with Crippen LogP contribution in [0.5, 0.6) is 0 Å². The molecule has 0 spiro atoms. The summed E-state index contributed by atoms with van der Waals surface area (Å²) >= 11 is 0. The van der Waals surface area contributed by atoms with Crippen LogP contribution in [-0.4, -0.2) is 24.9 Å². The monoisotopic (exact) mass is 180 g/mol. The van der Waals surface area contributed by atoms with Gasteiger partial charge in [-0.1, -0.05) is 6.92 Å². The van der Waals surface area contributed by atoms with Gasteiger partial charge in [-0.3, -0.25) is 4.79 Å². The van der Waals surface area contributed by atoms with Crippen molar-refractivity contribution in [3.8, 4) is 0 Å². The summed E-state index contributed by atoms with van der Waals surface area (Å²) in [4.78, 5) is 10.7. The van der Waals surface area contributed by atoms with Crippen LogP contribution in [0.4, 0.5) is 8.78 Å². The van der Waals surface area contributed by atoms with Gasteiger partial charge in [0.1, 0.15) is 0 Å². The maximum Gasteiger partial charge on any atom is 0.258 e. The zero-order valence-corrected chi connectivity index (χ0v) is 7.02. The zero-order chi connectivity index (χ0) is 9.56. The van der Waals surface area contributed by atoms with Crippen LogP contribution < -0.4 is 11.1 Å². The molecule has 0 aliphatic carbocycles. The molecule has 1 atom stereocenters.